The molecule has 0 aliphatic heterocycles. The van der Waals surface area contributed by atoms with E-state index in [9.17, 15) is 0 Å². The molecule has 1 atom stereocenters. The summed E-state index contributed by atoms with van der Waals surface area (Å²) < 4.78 is 0. The molecule has 12 heavy (non-hydrogen) atoms. The first-order valence-electron chi connectivity index (χ1n) is 4.06. The lowest BCUT2D eigenvalue weighted by Crippen LogP contribution is -2.20. The van der Waals surface area contributed by atoms with Gasteiger partial charge in [-0.05, 0) is 30.5 Å². The topological polar surface area (TPSA) is 59.1 Å². The molecule has 66 valence electrons. The highest BCUT2D eigenvalue weighted by Crippen LogP contribution is 2.05. The Morgan fingerprint density at radius 3 is 2.92 bits per heavy atom. The third-order valence-corrected chi connectivity index (χ3v) is 1.84. The fourth-order valence-electron chi connectivity index (χ4n) is 1.07. The molecule has 3 N–H and O–H groups in total. The third kappa shape index (κ3) is 2.60. The molecule has 0 radical (unpaired) electrons. The van der Waals surface area contributed by atoms with Crippen LogP contribution in [0.15, 0.2) is 24.5 Å². The normalized spacial score (nSPS) is 12.8. The predicted molar refractivity (Wildman–Crippen MR) is 47.6 cm³/mol. The van der Waals surface area contributed by atoms with E-state index in [2.05, 4.69) is 4.98 Å². The quantitative estimate of drug-likeness (QED) is 0.671. The number of aromatic nitrogens is 1. The molecule has 0 bridgehead atoms. The lowest BCUT2D eigenvalue weighted by molar-refractivity contribution is 0.229. The first-order valence-corrected chi connectivity index (χ1v) is 4.06. The molecular formula is C9H14N2O. The van der Waals surface area contributed by atoms with Crippen LogP contribution in [0.25, 0.3) is 0 Å². The van der Waals surface area contributed by atoms with E-state index in [4.69, 9.17) is 10.8 Å². The lowest BCUT2D eigenvalue weighted by atomic mass is 10.0. The molecule has 1 unspecified atom stereocenters. The Morgan fingerprint density at radius 1 is 1.58 bits per heavy atom. The van der Waals surface area contributed by atoms with E-state index in [-0.39, 0.29) is 12.5 Å². The van der Waals surface area contributed by atoms with Crippen molar-refractivity contribution in [1.29, 1.82) is 0 Å². The van der Waals surface area contributed by atoms with Crippen molar-refractivity contribution in [3.63, 3.8) is 0 Å². The number of aliphatic hydroxyl groups excluding tert-OH is 1. The van der Waals surface area contributed by atoms with E-state index < -0.39 is 0 Å². The van der Waals surface area contributed by atoms with Gasteiger partial charge in [0.2, 0.25) is 0 Å². The molecule has 3 heteroatoms. The summed E-state index contributed by atoms with van der Waals surface area (Å²) in [4.78, 5) is 3.98. The van der Waals surface area contributed by atoms with Crippen molar-refractivity contribution >= 4 is 0 Å². The van der Waals surface area contributed by atoms with Crippen molar-refractivity contribution in [2.75, 3.05) is 13.2 Å². The molecule has 1 heterocycles. The number of aliphatic hydroxyl groups is 1. The van der Waals surface area contributed by atoms with Crippen molar-refractivity contribution in [2.24, 2.45) is 11.7 Å². The Labute approximate surface area is 72.2 Å². The summed E-state index contributed by atoms with van der Waals surface area (Å²) in [6.45, 7) is 0.663. The maximum Gasteiger partial charge on any atom is 0.0474 e. The van der Waals surface area contributed by atoms with E-state index in [0.29, 0.717) is 6.54 Å². The van der Waals surface area contributed by atoms with Crippen LogP contribution in [0, 0.1) is 5.92 Å². The van der Waals surface area contributed by atoms with Gasteiger partial charge in [-0.2, -0.15) is 0 Å². The number of hydrogen-bond acceptors (Lipinski definition) is 3. The molecule has 0 aromatic carbocycles. The predicted octanol–water partition coefficient (Wildman–Crippen LogP) is 0.191. The SMILES string of the molecule is NCC(CO)Cc1cccnc1. The van der Waals surface area contributed by atoms with Crippen molar-refractivity contribution in [2.45, 2.75) is 6.42 Å². The maximum absolute atomic E-state index is 8.89. The fraction of sp³-hybridized carbons (Fsp3) is 0.444. The summed E-state index contributed by atoms with van der Waals surface area (Å²) in [5.74, 6) is 0.161. The molecule has 0 saturated heterocycles. The van der Waals surface area contributed by atoms with Gasteiger partial charge in [0.05, 0.1) is 0 Å². The Balaban J connectivity index is 2.51. The van der Waals surface area contributed by atoms with E-state index in [1.165, 1.54) is 0 Å². The fourth-order valence-corrected chi connectivity index (χ4v) is 1.07. The van der Waals surface area contributed by atoms with Crippen molar-refractivity contribution < 1.29 is 5.11 Å². The van der Waals surface area contributed by atoms with E-state index in [0.717, 1.165) is 12.0 Å². The monoisotopic (exact) mass is 166 g/mol. The highest BCUT2D eigenvalue weighted by molar-refractivity contribution is 5.09. The first-order chi connectivity index (χ1) is 5.86. The van der Waals surface area contributed by atoms with Gasteiger partial charge in [-0.1, -0.05) is 6.07 Å². The van der Waals surface area contributed by atoms with Gasteiger partial charge >= 0.3 is 0 Å². The molecule has 0 saturated carbocycles. The second-order valence-corrected chi connectivity index (χ2v) is 2.85. The summed E-state index contributed by atoms with van der Waals surface area (Å²) in [6, 6.07) is 3.88. The highest BCUT2D eigenvalue weighted by Gasteiger charge is 2.05. The van der Waals surface area contributed by atoms with Gasteiger partial charge in [-0.25, -0.2) is 0 Å². The standard InChI is InChI=1S/C9H14N2O/c10-5-9(7-12)4-8-2-1-3-11-6-8/h1-3,6,9,12H,4-5,7,10H2. The van der Waals surface area contributed by atoms with Crippen LogP contribution in [0.2, 0.25) is 0 Å². The molecule has 0 aliphatic carbocycles. The minimum Gasteiger partial charge on any atom is -0.396 e. The molecule has 1 aromatic heterocycles. The molecule has 1 rings (SSSR count). The maximum atomic E-state index is 8.89. The molecule has 0 amide bonds. The first kappa shape index (κ1) is 9.16. The van der Waals surface area contributed by atoms with E-state index in [1.807, 2.05) is 12.1 Å². The molecule has 0 fully saturated rings. The minimum atomic E-state index is 0.144. The number of pyridine rings is 1. The Kier molecular flexibility index (Phi) is 3.70. The second-order valence-electron chi connectivity index (χ2n) is 2.85. The summed E-state index contributed by atoms with van der Waals surface area (Å²) in [7, 11) is 0. The van der Waals surface area contributed by atoms with Crippen LogP contribution in [0.4, 0.5) is 0 Å². The molecule has 0 spiro atoms. The summed E-state index contributed by atoms with van der Waals surface area (Å²) in [5, 5.41) is 8.89. The van der Waals surface area contributed by atoms with Crippen LogP contribution in [-0.4, -0.2) is 23.2 Å². The zero-order valence-corrected chi connectivity index (χ0v) is 6.98. The largest absolute Gasteiger partial charge is 0.396 e. The van der Waals surface area contributed by atoms with Crippen LogP contribution >= 0.6 is 0 Å². The van der Waals surface area contributed by atoms with Crippen molar-refractivity contribution in [1.82, 2.24) is 4.98 Å². The van der Waals surface area contributed by atoms with Gasteiger partial charge in [-0.3, -0.25) is 4.98 Å². The average Bonchev–Trinajstić information content (AvgIpc) is 2.16. The second kappa shape index (κ2) is 4.85. The van der Waals surface area contributed by atoms with Gasteiger partial charge in [-0.15, -0.1) is 0 Å². The zero-order chi connectivity index (χ0) is 8.81. The third-order valence-electron chi connectivity index (χ3n) is 1.84. The number of nitrogens with two attached hydrogens (primary N) is 1. The average molecular weight is 166 g/mol. The number of hydrogen-bond donors (Lipinski definition) is 2. The summed E-state index contributed by atoms with van der Waals surface area (Å²) in [6.07, 6.45) is 4.35. The number of rotatable bonds is 4. The zero-order valence-electron chi connectivity index (χ0n) is 6.98. The minimum absolute atomic E-state index is 0.144. The van der Waals surface area contributed by atoms with Gasteiger partial charge < -0.3 is 10.8 Å². The van der Waals surface area contributed by atoms with Crippen LogP contribution in [0.3, 0.4) is 0 Å². The van der Waals surface area contributed by atoms with E-state index in [1.54, 1.807) is 12.4 Å². The lowest BCUT2D eigenvalue weighted by Gasteiger charge is -2.09. The Hall–Kier alpha value is -0.930. The van der Waals surface area contributed by atoms with Gasteiger partial charge in [0.25, 0.3) is 0 Å². The van der Waals surface area contributed by atoms with Crippen LogP contribution in [-0.2, 0) is 6.42 Å². The van der Waals surface area contributed by atoms with Crippen molar-refractivity contribution in [3.05, 3.63) is 30.1 Å². The van der Waals surface area contributed by atoms with Crippen LogP contribution < -0.4 is 5.73 Å². The van der Waals surface area contributed by atoms with Gasteiger partial charge in [0.15, 0.2) is 0 Å². The van der Waals surface area contributed by atoms with Crippen LogP contribution in [0.1, 0.15) is 5.56 Å². The number of nitrogens with zero attached hydrogens (tertiary/aromatic N) is 1. The van der Waals surface area contributed by atoms with Gasteiger partial charge in [0, 0.05) is 19.0 Å². The Bertz CT molecular complexity index is 209. The summed E-state index contributed by atoms with van der Waals surface area (Å²) in [5.41, 5.74) is 6.58. The van der Waals surface area contributed by atoms with E-state index >= 15 is 0 Å². The Morgan fingerprint density at radius 2 is 2.42 bits per heavy atom. The smallest absolute Gasteiger partial charge is 0.0474 e. The molecule has 0 aliphatic rings. The molecule has 1 aromatic rings. The van der Waals surface area contributed by atoms with Gasteiger partial charge in [0.1, 0.15) is 0 Å². The molecular weight excluding hydrogens is 152 g/mol. The highest BCUT2D eigenvalue weighted by atomic mass is 16.3. The van der Waals surface area contributed by atoms with Crippen molar-refractivity contribution in [3.8, 4) is 0 Å². The summed E-state index contributed by atoms with van der Waals surface area (Å²) >= 11 is 0. The molecule has 3 nitrogen and oxygen atoms in total. The van der Waals surface area contributed by atoms with Crippen LogP contribution in [0.5, 0.6) is 0 Å².